The van der Waals surface area contributed by atoms with E-state index in [1.165, 1.54) is 24.1 Å². The number of rotatable bonds is 2. The second-order valence-corrected chi connectivity index (χ2v) is 4.92. The molecule has 1 amide bonds. The van der Waals surface area contributed by atoms with Crippen LogP contribution < -0.4 is 5.32 Å². The third-order valence-electron chi connectivity index (χ3n) is 3.63. The number of benzene rings is 1. The number of nitrogens with one attached hydrogen (secondary N) is 1. The molecule has 98 valence electrons. The maximum Gasteiger partial charge on any atom is 0.256 e. The predicted molar refractivity (Wildman–Crippen MR) is 74.2 cm³/mol. The summed E-state index contributed by atoms with van der Waals surface area (Å²) in [5, 5.41) is 7.38. The minimum Gasteiger partial charge on any atom is -0.305 e. The zero-order valence-corrected chi connectivity index (χ0v) is 11.0. The maximum absolute atomic E-state index is 12.1. The van der Waals surface area contributed by atoms with Crippen molar-refractivity contribution in [2.75, 3.05) is 5.32 Å². The van der Waals surface area contributed by atoms with Crippen molar-refractivity contribution in [3.05, 3.63) is 47.2 Å². The zero-order valence-electron chi connectivity index (χ0n) is 11.0. The van der Waals surface area contributed by atoms with Crippen LogP contribution >= 0.6 is 0 Å². The lowest BCUT2D eigenvalue weighted by molar-refractivity contribution is 0.102. The summed E-state index contributed by atoms with van der Waals surface area (Å²) in [4.78, 5) is 12.1. The Bertz CT molecular complexity index is 601. The van der Waals surface area contributed by atoms with Gasteiger partial charge in [0.25, 0.3) is 5.91 Å². The first kappa shape index (κ1) is 12.0. The van der Waals surface area contributed by atoms with Crippen LogP contribution in [0, 0.1) is 0 Å². The van der Waals surface area contributed by atoms with Gasteiger partial charge in [0, 0.05) is 23.9 Å². The Kier molecular flexibility index (Phi) is 3.07. The number of hydrogen-bond acceptors (Lipinski definition) is 2. The average molecular weight is 255 g/mol. The fourth-order valence-electron chi connectivity index (χ4n) is 2.64. The highest BCUT2D eigenvalue weighted by molar-refractivity contribution is 6.04. The highest BCUT2D eigenvalue weighted by Gasteiger charge is 2.20. The van der Waals surface area contributed by atoms with Gasteiger partial charge in [0.05, 0.1) is 0 Å². The number of carbonyl (C=O) groups is 1. The van der Waals surface area contributed by atoms with Gasteiger partial charge in [-0.3, -0.25) is 9.48 Å². The van der Waals surface area contributed by atoms with Crippen LogP contribution in [0.25, 0.3) is 0 Å². The van der Waals surface area contributed by atoms with E-state index in [9.17, 15) is 4.79 Å². The first-order valence-electron chi connectivity index (χ1n) is 6.67. The van der Waals surface area contributed by atoms with Crippen molar-refractivity contribution >= 4 is 11.7 Å². The molecule has 1 aliphatic carbocycles. The van der Waals surface area contributed by atoms with Crippen molar-refractivity contribution in [1.82, 2.24) is 9.78 Å². The molecule has 0 atom stereocenters. The second kappa shape index (κ2) is 4.88. The Labute approximate surface area is 112 Å². The van der Waals surface area contributed by atoms with Crippen LogP contribution in [0.15, 0.2) is 30.3 Å². The standard InChI is InChI=1S/C15H17N3O/c1-18-13-10-6-5-9-12(13)14(17-18)16-15(19)11-7-3-2-4-8-11/h2-4,7-8H,5-6,9-10H2,1H3,(H,16,17,19). The molecular formula is C15H17N3O. The average Bonchev–Trinajstić information content (AvgIpc) is 2.77. The van der Waals surface area contributed by atoms with E-state index in [0.29, 0.717) is 5.56 Å². The molecular weight excluding hydrogens is 238 g/mol. The van der Waals surface area contributed by atoms with Gasteiger partial charge in [0.2, 0.25) is 0 Å². The van der Waals surface area contributed by atoms with E-state index in [4.69, 9.17) is 0 Å². The second-order valence-electron chi connectivity index (χ2n) is 4.92. The minimum absolute atomic E-state index is 0.0907. The fourth-order valence-corrected chi connectivity index (χ4v) is 2.64. The normalized spacial score (nSPS) is 13.9. The molecule has 0 aliphatic heterocycles. The molecule has 0 bridgehead atoms. The van der Waals surface area contributed by atoms with Gasteiger partial charge < -0.3 is 5.32 Å². The van der Waals surface area contributed by atoms with E-state index in [-0.39, 0.29) is 5.91 Å². The summed E-state index contributed by atoms with van der Waals surface area (Å²) in [5.41, 5.74) is 3.13. The van der Waals surface area contributed by atoms with Gasteiger partial charge in [0.15, 0.2) is 5.82 Å². The fraction of sp³-hybridized carbons (Fsp3) is 0.333. The minimum atomic E-state index is -0.0907. The highest BCUT2D eigenvalue weighted by Crippen LogP contribution is 2.27. The van der Waals surface area contributed by atoms with E-state index < -0.39 is 0 Å². The lowest BCUT2D eigenvalue weighted by Crippen LogP contribution is -2.14. The van der Waals surface area contributed by atoms with Crippen LogP contribution in [0.2, 0.25) is 0 Å². The van der Waals surface area contributed by atoms with E-state index in [1.54, 1.807) is 0 Å². The summed E-state index contributed by atoms with van der Waals surface area (Å²) in [6.07, 6.45) is 4.44. The van der Waals surface area contributed by atoms with E-state index in [0.717, 1.165) is 18.7 Å². The van der Waals surface area contributed by atoms with E-state index in [2.05, 4.69) is 10.4 Å². The molecule has 1 N–H and O–H groups in total. The molecule has 0 radical (unpaired) electrons. The third-order valence-corrected chi connectivity index (χ3v) is 3.63. The molecule has 1 aliphatic rings. The van der Waals surface area contributed by atoms with Crippen molar-refractivity contribution in [3.8, 4) is 0 Å². The molecule has 3 rings (SSSR count). The molecule has 0 fully saturated rings. The lowest BCUT2D eigenvalue weighted by Gasteiger charge is -2.12. The van der Waals surface area contributed by atoms with E-state index in [1.807, 2.05) is 42.1 Å². The summed E-state index contributed by atoms with van der Waals surface area (Å²) in [6, 6.07) is 9.25. The van der Waals surface area contributed by atoms with Crippen molar-refractivity contribution in [3.63, 3.8) is 0 Å². The van der Waals surface area contributed by atoms with Crippen LogP contribution in [-0.4, -0.2) is 15.7 Å². The van der Waals surface area contributed by atoms with Gasteiger partial charge in [-0.25, -0.2) is 0 Å². The predicted octanol–water partition coefficient (Wildman–Crippen LogP) is 2.55. The van der Waals surface area contributed by atoms with Gasteiger partial charge in [-0.2, -0.15) is 5.10 Å². The first-order chi connectivity index (χ1) is 9.25. The summed E-state index contributed by atoms with van der Waals surface area (Å²) >= 11 is 0. The Balaban J connectivity index is 1.86. The summed E-state index contributed by atoms with van der Waals surface area (Å²) in [7, 11) is 1.95. The molecule has 0 saturated heterocycles. The quantitative estimate of drug-likeness (QED) is 0.896. The van der Waals surface area contributed by atoms with Crippen molar-refractivity contribution in [2.24, 2.45) is 7.05 Å². The zero-order chi connectivity index (χ0) is 13.2. The van der Waals surface area contributed by atoms with Gasteiger partial charge in [-0.05, 0) is 37.8 Å². The molecule has 19 heavy (non-hydrogen) atoms. The number of nitrogens with zero attached hydrogens (tertiary/aromatic N) is 2. The Hall–Kier alpha value is -2.10. The Morgan fingerprint density at radius 1 is 1.21 bits per heavy atom. The Morgan fingerprint density at radius 2 is 1.95 bits per heavy atom. The molecule has 0 unspecified atom stereocenters. The number of fused-ring (bicyclic) bond motifs is 1. The molecule has 0 spiro atoms. The number of aromatic nitrogens is 2. The largest absolute Gasteiger partial charge is 0.305 e. The summed E-state index contributed by atoms with van der Waals surface area (Å²) < 4.78 is 1.90. The highest BCUT2D eigenvalue weighted by atomic mass is 16.1. The SMILES string of the molecule is Cn1nc(NC(=O)c2ccccc2)c2c1CCCC2. The molecule has 4 heteroatoms. The van der Waals surface area contributed by atoms with Gasteiger partial charge in [-0.1, -0.05) is 18.2 Å². The lowest BCUT2D eigenvalue weighted by atomic mass is 9.97. The number of aryl methyl sites for hydroxylation is 1. The van der Waals surface area contributed by atoms with E-state index >= 15 is 0 Å². The van der Waals surface area contributed by atoms with Crippen LogP contribution in [-0.2, 0) is 19.9 Å². The molecule has 1 aromatic carbocycles. The maximum atomic E-state index is 12.1. The summed E-state index contributed by atoms with van der Waals surface area (Å²) in [5.74, 6) is 0.637. The van der Waals surface area contributed by atoms with Crippen LogP contribution in [0.3, 0.4) is 0 Å². The Morgan fingerprint density at radius 3 is 2.74 bits per heavy atom. The number of anilines is 1. The van der Waals surface area contributed by atoms with Gasteiger partial charge in [0.1, 0.15) is 0 Å². The number of hydrogen-bond donors (Lipinski definition) is 1. The molecule has 4 nitrogen and oxygen atoms in total. The third kappa shape index (κ3) is 2.26. The van der Waals surface area contributed by atoms with Crippen LogP contribution in [0.4, 0.5) is 5.82 Å². The monoisotopic (exact) mass is 255 g/mol. The first-order valence-corrected chi connectivity index (χ1v) is 6.67. The van der Waals surface area contributed by atoms with Crippen molar-refractivity contribution in [2.45, 2.75) is 25.7 Å². The number of carbonyl (C=O) groups excluding carboxylic acids is 1. The van der Waals surface area contributed by atoms with Gasteiger partial charge >= 0.3 is 0 Å². The number of amides is 1. The van der Waals surface area contributed by atoms with Gasteiger partial charge in [-0.15, -0.1) is 0 Å². The molecule has 0 saturated carbocycles. The van der Waals surface area contributed by atoms with Crippen molar-refractivity contribution < 1.29 is 4.79 Å². The van der Waals surface area contributed by atoms with Crippen LogP contribution in [0.5, 0.6) is 0 Å². The van der Waals surface area contributed by atoms with Crippen molar-refractivity contribution in [1.29, 1.82) is 0 Å². The smallest absolute Gasteiger partial charge is 0.256 e. The topological polar surface area (TPSA) is 46.9 Å². The summed E-state index contributed by atoms with van der Waals surface area (Å²) in [6.45, 7) is 0. The molecule has 1 heterocycles. The van der Waals surface area contributed by atoms with Crippen LogP contribution in [0.1, 0.15) is 34.5 Å². The molecule has 1 aromatic heterocycles. The molecule has 2 aromatic rings.